The van der Waals surface area contributed by atoms with E-state index >= 15 is 0 Å². The van der Waals surface area contributed by atoms with Crippen molar-refractivity contribution in [2.45, 2.75) is 6.92 Å². The van der Waals surface area contributed by atoms with Gasteiger partial charge in [0.2, 0.25) is 0 Å². The SMILES string of the molecule is COc1c(F)c(Cl)cc2sc(C)nc12. The van der Waals surface area contributed by atoms with Crippen molar-refractivity contribution in [3.05, 3.63) is 21.9 Å². The summed E-state index contributed by atoms with van der Waals surface area (Å²) in [6.07, 6.45) is 0. The van der Waals surface area contributed by atoms with Crippen molar-refractivity contribution in [2.24, 2.45) is 0 Å². The summed E-state index contributed by atoms with van der Waals surface area (Å²) in [5, 5.41) is 0.929. The number of nitrogens with zero attached hydrogens (tertiary/aromatic N) is 1. The molecule has 0 radical (unpaired) electrons. The van der Waals surface area contributed by atoms with Crippen LogP contribution in [0.4, 0.5) is 4.39 Å². The van der Waals surface area contributed by atoms with E-state index in [-0.39, 0.29) is 10.8 Å². The molecule has 0 amide bonds. The summed E-state index contributed by atoms with van der Waals surface area (Å²) in [7, 11) is 1.41. The van der Waals surface area contributed by atoms with Crippen LogP contribution in [0.25, 0.3) is 10.2 Å². The van der Waals surface area contributed by atoms with Crippen molar-refractivity contribution in [2.75, 3.05) is 7.11 Å². The summed E-state index contributed by atoms with van der Waals surface area (Å²) < 4.78 is 19.2. The van der Waals surface area contributed by atoms with Crippen molar-refractivity contribution in [1.29, 1.82) is 0 Å². The normalized spacial score (nSPS) is 10.9. The van der Waals surface area contributed by atoms with Crippen LogP contribution in [0.1, 0.15) is 5.01 Å². The molecular weight excluding hydrogens is 225 g/mol. The summed E-state index contributed by atoms with van der Waals surface area (Å²) in [5.41, 5.74) is 0.539. The molecule has 14 heavy (non-hydrogen) atoms. The number of methoxy groups -OCH3 is 1. The molecule has 1 aromatic heterocycles. The fourth-order valence-electron chi connectivity index (χ4n) is 1.28. The predicted molar refractivity (Wildman–Crippen MR) is 55.9 cm³/mol. The van der Waals surface area contributed by atoms with Crippen LogP contribution >= 0.6 is 22.9 Å². The summed E-state index contributed by atoms with van der Waals surface area (Å²) in [6.45, 7) is 1.86. The molecule has 74 valence electrons. The van der Waals surface area contributed by atoms with Gasteiger partial charge in [0.25, 0.3) is 0 Å². The highest BCUT2D eigenvalue weighted by Gasteiger charge is 2.15. The minimum atomic E-state index is -0.549. The third-order valence-electron chi connectivity index (χ3n) is 1.85. The first kappa shape index (κ1) is 9.68. The lowest BCUT2D eigenvalue weighted by Gasteiger charge is -2.03. The quantitative estimate of drug-likeness (QED) is 0.751. The number of aromatic nitrogens is 1. The molecular formula is C9H7ClFNOS. The Morgan fingerprint density at radius 1 is 1.57 bits per heavy atom. The van der Waals surface area contributed by atoms with Gasteiger partial charge in [0.05, 0.1) is 21.8 Å². The highest BCUT2D eigenvalue weighted by molar-refractivity contribution is 7.18. The zero-order chi connectivity index (χ0) is 10.3. The topological polar surface area (TPSA) is 22.1 Å². The highest BCUT2D eigenvalue weighted by Crippen LogP contribution is 2.36. The first-order chi connectivity index (χ1) is 6.63. The second-order valence-corrected chi connectivity index (χ2v) is 4.43. The molecule has 0 aliphatic heterocycles. The van der Waals surface area contributed by atoms with Gasteiger partial charge in [-0.2, -0.15) is 0 Å². The lowest BCUT2D eigenvalue weighted by Crippen LogP contribution is -1.90. The van der Waals surface area contributed by atoms with E-state index < -0.39 is 5.82 Å². The number of benzene rings is 1. The summed E-state index contributed by atoms with van der Waals surface area (Å²) in [5.74, 6) is -0.427. The van der Waals surface area contributed by atoms with Gasteiger partial charge in [-0.15, -0.1) is 11.3 Å². The van der Waals surface area contributed by atoms with E-state index in [1.807, 2.05) is 6.92 Å². The molecule has 5 heteroatoms. The molecule has 2 nitrogen and oxygen atoms in total. The van der Waals surface area contributed by atoms with Crippen molar-refractivity contribution in [1.82, 2.24) is 4.98 Å². The lowest BCUT2D eigenvalue weighted by molar-refractivity contribution is 0.391. The Balaban J connectivity index is 2.87. The Labute approximate surface area is 89.3 Å². The van der Waals surface area contributed by atoms with E-state index in [4.69, 9.17) is 16.3 Å². The van der Waals surface area contributed by atoms with Crippen LogP contribution in [0.15, 0.2) is 6.07 Å². The second kappa shape index (κ2) is 3.37. The van der Waals surface area contributed by atoms with Crippen molar-refractivity contribution in [3.8, 4) is 5.75 Å². The maximum Gasteiger partial charge on any atom is 0.185 e. The van der Waals surface area contributed by atoms with Crippen LogP contribution in [-0.4, -0.2) is 12.1 Å². The van der Waals surface area contributed by atoms with E-state index in [0.29, 0.717) is 5.52 Å². The van der Waals surface area contributed by atoms with Crippen molar-refractivity contribution < 1.29 is 9.13 Å². The molecule has 2 rings (SSSR count). The van der Waals surface area contributed by atoms with Crippen LogP contribution in [0, 0.1) is 12.7 Å². The first-order valence-corrected chi connectivity index (χ1v) is 5.12. The van der Waals surface area contributed by atoms with E-state index in [9.17, 15) is 4.39 Å². The molecule has 0 saturated heterocycles. The highest BCUT2D eigenvalue weighted by atomic mass is 35.5. The average Bonchev–Trinajstić information content (AvgIpc) is 2.47. The van der Waals surface area contributed by atoms with E-state index in [0.717, 1.165) is 9.71 Å². The second-order valence-electron chi connectivity index (χ2n) is 2.79. The molecule has 0 aliphatic rings. The molecule has 0 N–H and O–H groups in total. The summed E-state index contributed by atoms with van der Waals surface area (Å²) in [4.78, 5) is 4.18. The molecule has 1 heterocycles. The number of hydrogen-bond donors (Lipinski definition) is 0. The number of hydrogen-bond acceptors (Lipinski definition) is 3. The van der Waals surface area contributed by atoms with Gasteiger partial charge in [0.1, 0.15) is 5.52 Å². The van der Waals surface area contributed by atoms with Gasteiger partial charge >= 0.3 is 0 Å². The smallest absolute Gasteiger partial charge is 0.185 e. The Morgan fingerprint density at radius 2 is 2.29 bits per heavy atom. The van der Waals surface area contributed by atoms with Gasteiger partial charge < -0.3 is 4.74 Å². The number of aryl methyl sites for hydroxylation is 1. The van der Waals surface area contributed by atoms with E-state index in [2.05, 4.69) is 4.98 Å². The number of halogens is 2. The van der Waals surface area contributed by atoms with Gasteiger partial charge in [-0.05, 0) is 13.0 Å². The number of fused-ring (bicyclic) bond motifs is 1. The minimum absolute atomic E-state index is 0.0676. The maximum absolute atomic E-state index is 13.4. The molecule has 2 aromatic rings. The zero-order valence-corrected chi connectivity index (χ0v) is 9.17. The van der Waals surface area contributed by atoms with Gasteiger partial charge in [-0.3, -0.25) is 0 Å². The molecule has 0 aliphatic carbocycles. The average molecular weight is 232 g/mol. The Kier molecular flexibility index (Phi) is 2.33. The van der Waals surface area contributed by atoms with Gasteiger partial charge in [-0.1, -0.05) is 11.6 Å². The summed E-state index contributed by atoms with van der Waals surface area (Å²) >= 11 is 7.17. The minimum Gasteiger partial charge on any atom is -0.491 e. The fourth-order valence-corrected chi connectivity index (χ4v) is 2.41. The van der Waals surface area contributed by atoms with Crippen LogP contribution < -0.4 is 4.74 Å². The van der Waals surface area contributed by atoms with E-state index in [1.165, 1.54) is 18.4 Å². The molecule has 0 atom stereocenters. The van der Waals surface area contributed by atoms with Gasteiger partial charge in [0, 0.05) is 0 Å². The predicted octanol–water partition coefficient (Wildman–Crippen LogP) is 3.41. The fraction of sp³-hybridized carbons (Fsp3) is 0.222. The molecule has 0 saturated carbocycles. The maximum atomic E-state index is 13.4. The summed E-state index contributed by atoms with van der Waals surface area (Å²) in [6, 6.07) is 1.57. The Bertz CT molecular complexity index is 497. The van der Waals surface area contributed by atoms with Crippen LogP contribution in [0.5, 0.6) is 5.75 Å². The van der Waals surface area contributed by atoms with Crippen LogP contribution in [0.2, 0.25) is 5.02 Å². The number of rotatable bonds is 1. The Hall–Kier alpha value is -0.870. The lowest BCUT2D eigenvalue weighted by atomic mass is 10.3. The number of thiazole rings is 1. The largest absolute Gasteiger partial charge is 0.491 e. The van der Waals surface area contributed by atoms with Crippen LogP contribution in [0.3, 0.4) is 0 Å². The molecule has 0 bridgehead atoms. The van der Waals surface area contributed by atoms with Gasteiger partial charge in [-0.25, -0.2) is 9.37 Å². The molecule has 0 unspecified atom stereocenters. The Morgan fingerprint density at radius 3 is 2.93 bits per heavy atom. The monoisotopic (exact) mass is 231 g/mol. The molecule has 0 spiro atoms. The van der Waals surface area contributed by atoms with Gasteiger partial charge in [0.15, 0.2) is 11.6 Å². The van der Waals surface area contributed by atoms with E-state index in [1.54, 1.807) is 6.07 Å². The van der Waals surface area contributed by atoms with Crippen molar-refractivity contribution >= 4 is 33.2 Å². The van der Waals surface area contributed by atoms with Crippen LogP contribution in [-0.2, 0) is 0 Å². The third kappa shape index (κ3) is 1.35. The zero-order valence-electron chi connectivity index (χ0n) is 7.60. The van der Waals surface area contributed by atoms with Crippen molar-refractivity contribution in [3.63, 3.8) is 0 Å². The molecule has 1 aromatic carbocycles. The first-order valence-electron chi connectivity index (χ1n) is 3.92. The third-order valence-corrected chi connectivity index (χ3v) is 3.04. The standard InChI is InChI=1S/C9H7ClFNOS/c1-4-12-8-6(14-4)3-5(10)7(11)9(8)13-2/h3H,1-2H3. The number of ether oxygens (including phenoxy) is 1. The molecule has 0 fully saturated rings.